The van der Waals surface area contributed by atoms with Crippen molar-refractivity contribution < 1.29 is 4.39 Å². The molecule has 2 heterocycles. The second-order valence-corrected chi connectivity index (χ2v) is 8.14. The second kappa shape index (κ2) is 9.08. The van der Waals surface area contributed by atoms with Gasteiger partial charge in [-0.15, -0.1) is 0 Å². The lowest BCUT2D eigenvalue weighted by molar-refractivity contribution is 0.626. The average Bonchev–Trinajstić information content (AvgIpc) is 2.92. The van der Waals surface area contributed by atoms with Crippen LogP contribution in [0, 0.1) is 5.82 Å². The van der Waals surface area contributed by atoms with E-state index in [0.717, 1.165) is 55.0 Å². The van der Waals surface area contributed by atoms with E-state index in [4.69, 9.17) is 17.4 Å². The predicted octanol–water partition coefficient (Wildman–Crippen LogP) is 4.15. The molecule has 7 heteroatoms. The van der Waals surface area contributed by atoms with E-state index in [0.29, 0.717) is 10.7 Å². The Labute approximate surface area is 181 Å². The Kier molecular flexibility index (Phi) is 6.27. The van der Waals surface area contributed by atoms with Gasteiger partial charge in [-0.3, -0.25) is 5.84 Å². The van der Waals surface area contributed by atoms with Crippen molar-refractivity contribution in [2.24, 2.45) is 5.84 Å². The number of hydrogen-bond acceptors (Lipinski definition) is 5. The molecule has 1 atom stereocenters. The fourth-order valence-corrected chi connectivity index (χ4v) is 4.37. The highest BCUT2D eigenvalue weighted by molar-refractivity contribution is 6.30. The molecule has 4 rings (SSSR count). The highest BCUT2D eigenvalue weighted by Crippen LogP contribution is 2.35. The maximum Gasteiger partial charge on any atom is 0.126 e. The van der Waals surface area contributed by atoms with Crippen LogP contribution in [0.25, 0.3) is 11.3 Å². The highest BCUT2D eigenvalue weighted by Gasteiger charge is 2.24. The molecule has 6 N–H and O–H groups in total. The molecule has 0 spiro atoms. The summed E-state index contributed by atoms with van der Waals surface area (Å²) in [7, 11) is 0. The standard InChI is InChI=1S/C23H27ClFN5/c1-14(30-26)23-20-3-2-16(15-4-7-27-8-5-15)10-21(20)22(6-9-28-23)29-19-12-17(24)11-18(25)13-19/h2-4,10-13,22,27-30H,5-9,26H2,1H3/b23-14-. The number of anilines is 1. The first-order valence-corrected chi connectivity index (χ1v) is 10.6. The summed E-state index contributed by atoms with van der Waals surface area (Å²) in [5, 5.41) is 10.7. The molecule has 30 heavy (non-hydrogen) atoms. The number of rotatable bonds is 4. The number of hydrazine groups is 1. The van der Waals surface area contributed by atoms with Crippen molar-refractivity contribution in [2.45, 2.75) is 25.8 Å². The van der Waals surface area contributed by atoms with E-state index in [1.165, 1.54) is 23.3 Å². The summed E-state index contributed by atoms with van der Waals surface area (Å²) in [5.74, 6) is 5.36. The van der Waals surface area contributed by atoms with Crippen LogP contribution in [0.2, 0.25) is 5.02 Å². The van der Waals surface area contributed by atoms with E-state index in [1.807, 2.05) is 6.92 Å². The molecule has 0 bridgehead atoms. The molecule has 0 saturated heterocycles. The van der Waals surface area contributed by atoms with E-state index in [9.17, 15) is 4.39 Å². The zero-order valence-corrected chi connectivity index (χ0v) is 17.7. The van der Waals surface area contributed by atoms with Crippen molar-refractivity contribution >= 4 is 28.6 Å². The smallest absolute Gasteiger partial charge is 0.126 e. The number of fused-ring (bicyclic) bond motifs is 1. The minimum Gasteiger partial charge on any atom is -0.383 e. The number of nitrogens with two attached hydrogens (primary N) is 1. The van der Waals surface area contributed by atoms with Gasteiger partial charge in [0.1, 0.15) is 5.82 Å². The summed E-state index contributed by atoms with van der Waals surface area (Å²) in [6, 6.07) is 11.1. The van der Waals surface area contributed by atoms with Crippen molar-refractivity contribution in [3.8, 4) is 0 Å². The number of allylic oxidation sites excluding steroid dienone is 1. The SMILES string of the molecule is C/C(NN)=C1/NCCC(Nc2cc(F)cc(Cl)c2)c2cc(C3=CCNCC3)ccc21. The van der Waals surface area contributed by atoms with Crippen molar-refractivity contribution in [2.75, 3.05) is 25.0 Å². The van der Waals surface area contributed by atoms with Gasteiger partial charge in [-0.05, 0) is 67.3 Å². The Morgan fingerprint density at radius 1 is 1.20 bits per heavy atom. The van der Waals surface area contributed by atoms with Crippen LogP contribution in [0.5, 0.6) is 0 Å². The van der Waals surface area contributed by atoms with Gasteiger partial charge in [-0.1, -0.05) is 29.8 Å². The molecule has 0 aromatic heterocycles. The van der Waals surface area contributed by atoms with Gasteiger partial charge in [0, 0.05) is 35.1 Å². The van der Waals surface area contributed by atoms with Crippen LogP contribution in [0.1, 0.15) is 42.5 Å². The Morgan fingerprint density at radius 3 is 2.80 bits per heavy atom. The van der Waals surface area contributed by atoms with Crippen molar-refractivity contribution in [1.82, 2.24) is 16.1 Å². The van der Waals surface area contributed by atoms with Crippen LogP contribution in [0.15, 0.2) is 48.2 Å². The predicted molar refractivity (Wildman–Crippen MR) is 122 cm³/mol. The molecule has 2 aromatic rings. The van der Waals surface area contributed by atoms with Crippen molar-refractivity contribution in [3.63, 3.8) is 0 Å². The lowest BCUT2D eigenvalue weighted by Gasteiger charge is -2.23. The summed E-state index contributed by atoms with van der Waals surface area (Å²) < 4.78 is 13.9. The topological polar surface area (TPSA) is 74.1 Å². The minimum absolute atomic E-state index is 0.00398. The first-order valence-electron chi connectivity index (χ1n) is 10.2. The fraction of sp³-hybridized carbons (Fsp3) is 0.304. The molecular weight excluding hydrogens is 401 g/mol. The summed E-state index contributed by atoms with van der Waals surface area (Å²) >= 11 is 6.08. The van der Waals surface area contributed by atoms with Gasteiger partial charge < -0.3 is 21.4 Å². The first-order chi connectivity index (χ1) is 14.5. The molecule has 2 aromatic carbocycles. The third-order valence-electron chi connectivity index (χ3n) is 5.66. The number of nitrogens with one attached hydrogen (secondary N) is 4. The monoisotopic (exact) mass is 427 g/mol. The third kappa shape index (κ3) is 4.46. The van der Waals surface area contributed by atoms with E-state index in [2.05, 4.69) is 45.7 Å². The average molecular weight is 428 g/mol. The van der Waals surface area contributed by atoms with Crippen LogP contribution < -0.4 is 27.2 Å². The highest BCUT2D eigenvalue weighted by atomic mass is 35.5. The van der Waals surface area contributed by atoms with Gasteiger partial charge in [-0.2, -0.15) is 0 Å². The molecule has 0 amide bonds. The van der Waals surface area contributed by atoms with Crippen LogP contribution in [-0.2, 0) is 0 Å². The Morgan fingerprint density at radius 2 is 2.07 bits per heavy atom. The molecular formula is C23H27ClFN5. The van der Waals surface area contributed by atoms with E-state index >= 15 is 0 Å². The number of hydrogen-bond donors (Lipinski definition) is 5. The molecule has 0 fully saturated rings. The van der Waals surface area contributed by atoms with Crippen LogP contribution in [-0.4, -0.2) is 19.6 Å². The molecule has 5 nitrogen and oxygen atoms in total. The number of benzene rings is 2. The minimum atomic E-state index is -0.352. The molecule has 158 valence electrons. The van der Waals surface area contributed by atoms with Gasteiger partial charge in [0.05, 0.1) is 11.7 Å². The largest absolute Gasteiger partial charge is 0.383 e. The zero-order valence-electron chi connectivity index (χ0n) is 17.0. The summed E-state index contributed by atoms with van der Waals surface area (Å²) in [4.78, 5) is 0. The van der Waals surface area contributed by atoms with Gasteiger partial charge in [0.25, 0.3) is 0 Å². The van der Waals surface area contributed by atoms with E-state index < -0.39 is 0 Å². The summed E-state index contributed by atoms with van der Waals surface area (Å²) in [5.41, 5.74) is 10.1. The van der Waals surface area contributed by atoms with Gasteiger partial charge >= 0.3 is 0 Å². The summed E-state index contributed by atoms with van der Waals surface area (Å²) in [6.45, 7) is 4.58. The van der Waals surface area contributed by atoms with Gasteiger partial charge in [-0.25, -0.2) is 4.39 Å². The quantitative estimate of drug-likeness (QED) is 0.374. The van der Waals surface area contributed by atoms with Crippen LogP contribution in [0.3, 0.4) is 0 Å². The maximum absolute atomic E-state index is 13.9. The maximum atomic E-state index is 13.9. The Bertz CT molecular complexity index is 981. The number of halogens is 2. The Hall–Kier alpha value is -2.54. The molecule has 0 saturated carbocycles. The first kappa shape index (κ1) is 20.7. The molecule has 1 unspecified atom stereocenters. The Balaban J connectivity index is 1.78. The van der Waals surface area contributed by atoms with Crippen LogP contribution in [0.4, 0.5) is 10.1 Å². The fourth-order valence-electron chi connectivity index (χ4n) is 4.15. The van der Waals surface area contributed by atoms with Crippen LogP contribution >= 0.6 is 11.6 Å². The lowest BCUT2D eigenvalue weighted by Crippen LogP contribution is -2.25. The summed E-state index contributed by atoms with van der Waals surface area (Å²) in [6.07, 6.45) is 4.08. The van der Waals surface area contributed by atoms with Gasteiger partial charge in [0.15, 0.2) is 0 Å². The lowest BCUT2D eigenvalue weighted by atomic mass is 9.91. The molecule has 0 aliphatic carbocycles. The second-order valence-electron chi connectivity index (χ2n) is 7.70. The molecule has 0 radical (unpaired) electrons. The molecule has 2 aliphatic heterocycles. The van der Waals surface area contributed by atoms with E-state index in [1.54, 1.807) is 6.07 Å². The third-order valence-corrected chi connectivity index (χ3v) is 5.88. The van der Waals surface area contributed by atoms with E-state index in [-0.39, 0.29) is 11.9 Å². The molecule has 2 aliphatic rings. The van der Waals surface area contributed by atoms with Crippen molar-refractivity contribution in [3.05, 3.63) is 75.7 Å². The normalized spacial score (nSPS) is 20.4. The van der Waals surface area contributed by atoms with Crippen molar-refractivity contribution in [1.29, 1.82) is 0 Å². The zero-order chi connectivity index (χ0) is 21.1. The van der Waals surface area contributed by atoms with Gasteiger partial charge in [0.2, 0.25) is 0 Å².